The van der Waals surface area contributed by atoms with E-state index < -0.39 is 0 Å². The Kier molecular flexibility index (Phi) is 6.98. The molecule has 0 aromatic heterocycles. The van der Waals surface area contributed by atoms with Crippen LogP contribution in [0.3, 0.4) is 0 Å². The minimum Gasteiger partial charge on any atom is -0.367 e. The summed E-state index contributed by atoms with van der Waals surface area (Å²) in [7, 11) is 0. The van der Waals surface area contributed by atoms with Crippen molar-refractivity contribution in [1.82, 2.24) is 5.32 Å². The molecule has 25 heavy (non-hydrogen) atoms. The van der Waals surface area contributed by atoms with Gasteiger partial charge in [-0.05, 0) is 36.6 Å². The number of nitrogens with one attached hydrogen (secondary N) is 2. The normalized spacial score (nSPS) is 10.4. The number of amides is 2. The summed E-state index contributed by atoms with van der Waals surface area (Å²) in [5.74, 6) is -0.638. The predicted molar refractivity (Wildman–Crippen MR) is 98.7 cm³/mol. The molecule has 0 radical (unpaired) electrons. The van der Waals surface area contributed by atoms with E-state index >= 15 is 0 Å². The van der Waals surface area contributed by atoms with E-state index in [-0.39, 0.29) is 31.6 Å². The van der Waals surface area contributed by atoms with Crippen molar-refractivity contribution in [3.8, 4) is 0 Å². The maximum atomic E-state index is 12.0. The quantitative estimate of drug-likeness (QED) is 0.796. The molecule has 0 aliphatic heterocycles. The number of hydrogen-bond acceptors (Lipinski definition) is 3. The molecule has 0 unspecified atom stereocenters. The molecular weight excluding hydrogens is 340 g/mol. The molecule has 5 nitrogen and oxygen atoms in total. The molecule has 2 amide bonds. The van der Waals surface area contributed by atoms with Crippen molar-refractivity contribution in [3.05, 3.63) is 64.2 Å². The zero-order valence-corrected chi connectivity index (χ0v) is 15.0. The molecule has 132 valence electrons. The SMILES string of the molecule is Cc1cccc(C)c1NC(=O)CNC(=O)COCc1ccccc1Cl. The van der Waals surface area contributed by atoms with Gasteiger partial charge in [0, 0.05) is 10.7 Å². The number of anilines is 1. The zero-order valence-electron chi connectivity index (χ0n) is 14.3. The average Bonchev–Trinajstić information content (AvgIpc) is 2.58. The fourth-order valence-corrected chi connectivity index (χ4v) is 2.48. The third-order valence-electron chi connectivity index (χ3n) is 3.64. The highest BCUT2D eigenvalue weighted by atomic mass is 35.5. The molecule has 0 saturated heterocycles. The summed E-state index contributed by atoms with van der Waals surface area (Å²) >= 11 is 6.01. The number of ether oxygens (including phenoxy) is 1. The lowest BCUT2D eigenvalue weighted by molar-refractivity contribution is -0.128. The molecule has 0 saturated carbocycles. The largest absolute Gasteiger partial charge is 0.367 e. The molecule has 0 heterocycles. The summed E-state index contributed by atoms with van der Waals surface area (Å²) in [6.07, 6.45) is 0. The van der Waals surface area contributed by atoms with Gasteiger partial charge in [0.15, 0.2) is 0 Å². The molecule has 2 N–H and O–H groups in total. The van der Waals surface area contributed by atoms with Crippen LogP contribution >= 0.6 is 11.6 Å². The molecule has 0 spiro atoms. The van der Waals surface area contributed by atoms with E-state index in [1.807, 2.05) is 50.2 Å². The van der Waals surface area contributed by atoms with Crippen molar-refractivity contribution < 1.29 is 14.3 Å². The second-order valence-corrected chi connectivity index (χ2v) is 6.08. The number of carbonyl (C=O) groups is 2. The molecule has 2 aromatic rings. The minimum atomic E-state index is -0.358. The molecule has 6 heteroatoms. The third kappa shape index (κ3) is 5.89. The Morgan fingerprint density at radius 2 is 1.68 bits per heavy atom. The monoisotopic (exact) mass is 360 g/mol. The van der Waals surface area contributed by atoms with Crippen molar-refractivity contribution in [2.45, 2.75) is 20.5 Å². The van der Waals surface area contributed by atoms with Gasteiger partial charge in [-0.3, -0.25) is 9.59 Å². The van der Waals surface area contributed by atoms with Gasteiger partial charge in [0.2, 0.25) is 11.8 Å². The Morgan fingerprint density at radius 1 is 1.00 bits per heavy atom. The third-order valence-corrected chi connectivity index (χ3v) is 4.01. The number of halogens is 1. The Morgan fingerprint density at radius 3 is 2.36 bits per heavy atom. The summed E-state index contributed by atoms with van der Waals surface area (Å²) < 4.78 is 5.32. The van der Waals surface area contributed by atoms with Crippen molar-refractivity contribution in [3.63, 3.8) is 0 Å². The van der Waals surface area contributed by atoms with E-state index in [1.165, 1.54) is 0 Å². The summed E-state index contributed by atoms with van der Waals surface area (Å²) in [4.78, 5) is 23.7. The smallest absolute Gasteiger partial charge is 0.246 e. The molecule has 0 aliphatic carbocycles. The van der Waals surface area contributed by atoms with E-state index in [4.69, 9.17) is 16.3 Å². The van der Waals surface area contributed by atoms with Gasteiger partial charge in [0.05, 0.1) is 13.2 Å². The Hall–Kier alpha value is -2.37. The Balaban J connectivity index is 1.73. The highest BCUT2D eigenvalue weighted by Crippen LogP contribution is 2.19. The number of carbonyl (C=O) groups excluding carboxylic acids is 2. The van der Waals surface area contributed by atoms with Crippen LogP contribution in [-0.2, 0) is 20.9 Å². The molecule has 0 fully saturated rings. The lowest BCUT2D eigenvalue weighted by Gasteiger charge is -2.12. The van der Waals surface area contributed by atoms with Crippen molar-refractivity contribution in [1.29, 1.82) is 0 Å². The van der Waals surface area contributed by atoms with Gasteiger partial charge in [0.1, 0.15) is 6.61 Å². The van der Waals surface area contributed by atoms with Crippen LogP contribution in [0.15, 0.2) is 42.5 Å². The van der Waals surface area contributed by atoms with E-state index in [1.54, 1.807) is 6.07 Å². The summed E-state index contributed by atoms with van der Waals surface area (Å²) in [5.41, 5.74) is 3.53. The summed E-state index contributed by atoms with van der Waals surface area (Å²) in [6.45, 7) is 3.83. The fourth-order valence-electron chi connectivity index (χ4n) is 2.29. The van der Waals surface area contributed by atoms with E-state index in [2.05, 4.69) is 10.6 Å². The van der Waals surface area contributed by atoms with Crippen LogP contribution in [0.2, 0.25) is 5.02 Å². The fraction of sp³-hybridized carbons (Fsp3) is 0.263. The van der Waals surface area contributed by atoms with Crippen molar-refractivity contribution in [2.24, 2.45) is 0 Å². The van der Waals surface area contributed by atoms with Gasteiger partial charge in [-0.15, -0.1) is 0 Å². The number of hydrogen-bond donors (Lipinski definition) is 2. The van der Waals surface area contributed by atoms with Gasteiger partial charge in [0.25, 0.3) is 0 Å². The number of rotatable bonds is 7. The molecular formula is C19H21ClN2O3. The minimum absolute atomic E-state index is 0.109. The van der Waals surface area contributed by atoms with Crippen LogP contribution in [-0.4, -0.2) is 25.0 Å². The van der Waals surface area contributed by atoms with Gasteiger partial charge in [-0.1, -0.05) is 48.0 Å². The van der Waals surface area contributed by atoms with Crippen molar-refractivity contribution in [2.75, 3.05) is 18.5 Å². The van der Waals surface area contributed by atoms with Crippen LogP contribution in [0, 0.1) is 13.8 Å². The van der Waals surface area contributed by atoms with Crippen LogP contribution in [0.25, 0.3) is 0 Å². The second-order valence-electron chi connectivity index (χ2n) is 5.68. The standard InChI is InChI=1S/C19H21ClN2O3/c1-13-6-5-7-14(2)19(13)22-17(23)10-21-18(24)12-25-11-15-8-3-4-9-16(15)20/h3-9H,10-12H2,1-2H3,(H,21,24)(H,22,23). The number of para-hydroxylation sites is 1. The first-order valence-electron chi connectivity index (χ1n) is 7.91. The summed E-state index contributed by atoms with van der Waals surface area (Å²) in [5, 5.41) is 5.94. The first kappa shape index (κ1) is 19.0. The van der Waals surface area contributed by atoms with Crippen LogP contribution in [0.1, 0.15) is 16.7 Å². The first-order chi connectivity index (χ1) is 12.0. The van der Waals surface area contributed by atoms with Gasteiger partial charge >= 0.3 is 0 Å². The van der Waals surface area contributed by atoms with Crippen molar-refractivity contribution >= 4 is 29.1 Å². The van der Waals surface area contributed by atoms with Crippen LogP contribution in [0.4, 0.5) is 5.69 Å². The molecule has 0 bridgehead atoms. The highest BCUT2D eigenvalue weighted by molar-refractivity contribution is 6.31. The average molecular weight is 361 g/mol. The van der Waals surface area contributed by atoms with Gasteiger partial charge in [-0.25, -0.2) is 0 Å². The van der Waals surface area contributed by atoms with Gasteiger partial charge < -0.3 is 15.4 Å². The summed E-state index contributed by atoms with van der Waals surface area (Å²) in [6, 6.07) is 13.0. The van der Waals surface area contributed by atoms with Crippen LogP contribution in [0.5, 0.6) is 0 Å². The lowest BCUT2D eigenvalue weighted by Crippen LogP contribution is -2.35. The molecule has 0 aliphatic rings. The molecule has 2 aromatic carbocycles. The second kappa shape index (κ2) is 9.20. The lowest BCUT2D eigenvalue weighted by atomic mass is 10.1. The predicted octanol–water partition coefficient (Wildman–Crippen LogP) is 3.23. The zero-order chi connectivity index (χ0) is 18.2. The Labute approximate surface area is 152 Å². The Bertz CT molecular complexity index is 742. The van der Waals surface area contributed by atoms with E-state index in [0.717, 1.165) is 22.4 Å². The molecule has 0 atom stereocenters. The topological polar surface area (TPSA) is 67.4 Å². The van der Waals surface area contributed by atoms with Gasteiger partial charge in [-0.2, -0.15) is 0 Å². The van der Waals surface area contributed by atoms with E-state index in [0.29, 0.717) is 5.02 Å². The van der Waals surface area contributed by atoms with E-state index in [9.17, 15) is 9.59 Å². The maximum Gasteiger partial charge on any atom is 0.246 e. The van der Waals surface area contributed by atoms with Crippen LogP contribution < -0.4 is 10.6 Å². The maximum absolute atomic E-state index is 12.0. The number of aryl methyl sites for hydroxylation is 2. The first-order valence-corrected chi connectivity index (χ1v) is 8.29. The number of benzene rings is 2. The highest BCUT2D eigenvalue weighted by Gasteiger charge is 2.09. The molecule has 2 rings (SSSR count).